The smallest absolute Gasteiger partial charge is 0.405 e. The Kier molecular flexibility index (Phi) is 9.37. The molecule has 0 saturated carbocycles. The van der Waals surface area contributed by atoms with Crippen molar-refractivity contribution < 1.29 is 41.0 Å². The summed E-state index contributed by atoms with van der Waals surface area (Å²) in [4.78, 5) is 48.1. The minimum absolute atomic E-state index is 0.0141. The second kappa shape index (κ2) is 13.6. The fraction of sp³-hybridized carbons (Fsp3) is 0.152. The Morgan fingerprint density at radius 2 is 1.73 bits per heavy atom. The number of pyridine rings is 1. The predicted molar refractivity (Wildman–Crippen MR) is 183 cm³/mol. The minimum atomic E-state index is -4.24. The fourth-order valence-electron chi connectivity index (χ4n) is 5.75. The molecule has 14 nitrogen and oxygen atoms in total. The van der Waals surface area contributed by atoms with Gasteiger partial charge in [0.2, 0.25) is 21.8 Å². The lowest BCUT2D eigenvalue weighted by Gasteiger charge is -2.22. The molecule has 0 spiro atoms. The molecule has 6 aromatic rings. The van der Waals surface area contributed by atoms with Crippen molar-refractivity contribution in [2.75, 3.05) is 10.6 Å². The molecule has 0 bridgehead atoms. The molecule has 0 aliphatic carbocycles. The molecule has 19 heteroatoms. The highest BCUT2D eigenvalue weighted by Crippen LogP contribution is 2.37. The third kappa shape index (κ3) is 6.84. The van der Waals surface area contributed by atoms with Crippen molar-refractivity contribution in [3.8, 4) is 17.3 Å². The molecule has 2 amide bonds. The van der Waals surface area contributed by atoms with Crippen molar-refractivity contribution in [1.82, 2.24) is 29.6 Å². The van der Waals surface area contributed by atoms with Gasteiger partial charge in [-0.25, -0.2) is 31.4 Å². The number of nitrogens with one attached hydrogen (secondary N) is 1. The molecule has 268 valence electrons. The normalized spacial score (nSPS) is 12.2. The van der Waals surface area contributed by atoms with Gasteiger partial charge in [-0.1, -0.05) is 23.7 Å². The molecular formula is C33H25ClF3N7O7S. The zero-order chi connectivity index (χ0) is 37.6. The Hall–Kier alpha value is -6.01. The third-order valence-corrected chi connectivity index (χ3v) is 9.11. The van der Waals surface area contributed by atoms with E-state index in [2.05, 4.69) is 20.4 Å². The van der Waals surface area contributed by atoms with E-state index in [1.54, 1.807) is 0 Å². The molecule has 6 rings (SSSR count). The Labute approximate surface area is 296 Å². The van der Waals surface area contributed by atoms with E-state index in [0.717, 1.165) is 35.9 Å². The zero-order valence-electron chi connectivity index (χ0n) is 27.1. The van der Waals surface area contributed by atoms with Crippen LogP contribution in [0.25, 0.3) is 27.6 Å². The van der Waals surface area contributed by atoms with Crippen LogP contribution >= 0.6 is 11.6 Å². The molecule has 0 aliphatic heterocycles. The Bertz CT molecular complexity index is 2600. The number of carbonyl (C=O) groups is 2. The lowest BCUT2D eigenvalue weighted by Crippen LogP contribution is -2.35. The number of aryl methyl sites for hydroxylation is 1. The van der Waals surface area contributed by atoms with Crippen LogP contribution in [0.4, 0.5) is 23.8 Å². The first-order valence-corrected chi connectivity index (χ1v) is 17.2. The molecule has 1 atom stereocenters. The van der Waals surface area contributed by atoms with Gasteiger partial charge in [0.05, 0.1) is 39.3 Å². The van der Waals surface area contributed by atoms with Crippen molar-refractivity contribution in [3.05, 3.63) is 111 Å². The Morgan fingerprint density at radius 1 is 1.04 bits per heavy atom. The number of nitrogens with zero attached hydrogens (tertiary/aromatic N) is 6. The van der Waals surface area contributed by atoms with Crippen LogP contribution in [0, 0.1) is 17.5 Å². The van der Waals surface area contributed by atoms with Crippen LogP contribution in [0.5, 0.6) is 11.6 Å². The van der Waals surface area contributed by atoms with E-state index in [-0.39, 0.29) is 61.5 Å². The number of halogens is 4. The predicted octanol–water partition coefficient (Wildman–Crippen LogP) is 5.39. The van der Waals surface area contributed by atoms with Crippen molar-refractivity contribution >= 4 is 61.4 Å². The van der Waals surface area contributed by atoms with Gasteiger partial charge < -0.3 is 15.2 Å². The number of hydrogen-bond donors (Lipinski definition) is 2. The second-order valence-corrected chi connectivity index (χ2v) is 13.7. The topological polar surface area (TPSA) is 179 Å². The first kappa shape index (κ1) is 35.8. The van der Waals surface area contributed by atoms with Crippen LogP contribution in [0.2, 0.25) is 5.02 Å². The average Bonchev–Trinajstić information content (AvgIpc) is 3.37. The molecule has 3 heterocycles. The molecule has 2 N–H and O–H groups in total. The van der Waals surface area contributed by atoms with Gasteiger partial charge in [-0.15, -0.1) is 0 Å². The van der Waals surface area contributed by atoms with Crippen LogP contribution < -0.4 is 19.9 Å². The first-order valence-electron chi connectivity index (χ1n) is 15.0. The second-order valence-electron chi connectivity index (χ2n) is 11.4. The molecule has 3 aromatic heterocycles. The van der Waals surface area contributed by atoms with E-state index in [1.165, 1.54) is 54.2 Å². The van der Waals surface area contributed by atoms with Crippen LogP contribution in [0.15, 0.2) is 71.5 Å². The highest BCUT2D eigenvalue weighted by Gasteiger charge is 2.32. The summed E-state index contributed by atoms with van der Waals surface area (Å²) in [7, 11) is -2.85. The molecular weight excluding hydrogens is 731 g/mol. The number of anilines is 1. The number of carboxylic acid groups (broad SMARTS) is 1. The number of fused-ring (bicyclic) bond motifs is 2. The summed E-state index contributed by atoms with van der Waals surface area (Å²) in [6.07, 6.45) is -1.25. The number of para-hydroxylation sites is 1. The number of amides is 2. The number of sulfonamides is 1. The molecule has 52 heavy (non-hydrogen) atoms. The van der Waals surface area contributed by atoms with E-state index in [9.17, 15) is 41.1 Å². The van der Waals surface area contributed by atoms with E-state index in [4.69, 9.17) is 16.3 Å². The molecule has 1 unspecified atom stereocenters. The highest BCUT2D eigenvalue weighted by atomic mass is 35.5. The summed E-state index contributed by atoms with van der Waals surface area (Å²) in [6, 6.07) is 11.8. The van der Waals surface area contributed by atoms with Crippen LogP contribution in [0.3, 0.4) is 0 Å². The summed E-state index contributed by atoms with van der Waals surface area (Å²) in [6.45, 7) is 1.00. The summed E-state index contributed by atoms with van der Waals surface area (Å²) in [5.41, 5.74) is -1.17. The number of carbonyl (C=O) groups excluding carboxylic acids is 1. The summed E-state index contributed by atoms with van der Waals surface area (Å²) in [5.74, 6) is -4.62. The van der Waals surface area contributed by atoms with Crippen LogP contribution in [-0.4, -0.2) is 56.1 Å². The van der Waals surface area contributed by atoms with Crippen molar-refractivity contribution in [2.24, 2.45) is 7.05 Å². The quantitative estimate of drug-likeness (QED) is 0.194. The minimum Gasteiger partial charge on any atom is -0.465 e. The number of hydrogen-bond acceptors (Lipinski definition) is 9. The maximum absolute atomic E-state index is 14.5. The molecule has 0 saturated heterocycles. The summed E-state index contributed by atoms with van der Waals surface area (Å²) >= 11 is 6.57. The van der Waals surface area contributed by atoms with Gasteiger partial charge in [-0.3, -0.25) is 18.8 Å². The largest absolute Gasteiger partial charge is 0.465 e. The Morgan fingerprint density at radius 3 is 2.37 bits per heavy atom. The van der Waals surface area contributed by atoms with Gasteiger partial charge >= 0.3 is 6.09 Å². The van der Waals surface area contributed by atoms with E-state index in [1.807, 2.05) is 0 Å². The molecule has 0 aliphatic rings. The Balaban J connectivity index is 1.67. The third-order valence-electron chi connectivity index (χ3n) is 7.70. The highest BCUT2D eigenvalue weighted by molar-refractivity contribution is 7.92. The average molecular weight is 756 g/mol. The number of aromatic nitrogens is 5. The monoisotopic (exact) mass is 755 g/mol. The fourth-order valence-corrected chi connectivity index (χ4v) is 6.90. The van der Waals surface area contributed by atoms with E-state index in [0.29, 0.717) is 10.4 Å². The standard InChI is InChI=1S/C33H25ClF3N7O7S/c1-16(45)44(52(3,49)50)31-27-21(34)9-10-24(28(27)42(2)41-31)43-30(23(38-33(47)48)14-17-12-18(35)15-19(36)13-17)40-29-20(32(43)46)8-11-26(39-29)51-25-7-5-4-6-22(25)37/h4-13,15,23,38H,14H2,1-3H3,(H,47,48). The first-order chi connectivity index (χ1) is 24.5. The lowest BCUT2D eigenvalue weighted by atomic mass is 10.0. The van der Waals surface area contributed by atoms with Crippen molar-refractivity contribution in [3.63, 3.8) is 0 Å². The van der Waals surface area contributed by atoms with Crippen molar-refractivity contribution in [1.29, 1.82) is 0 Å². The molecule has 3 aromatic carbocycles. The van der Waals surface area contributed by atoms with Crippen molar-refractivity contribution in [2.45, 2.75) is 19.4 Å². The number of ether oxygens (including phenoxy) is 1. The molecule has 0 radical (unpaired) electrons. The zero-order valence-corrected chi connectivity index (χ0v) is 28.7. The summed E-state index contributed by atoms with van der Waals surface area (Å²) < 4.78 is 76.6. The van der Waals surface area contributed by atoms with E-state index >= 15 is 0 Å². The number of benzene rings is 3. The van der Waals surface area contributed by atoms with Gasteiger partial charge in [0, 0.05) is 32.5 Å². The van der Waals surface area contributed by atoms with E-state index < -0.39 is 57.5 Å². The lowest BCUT2D eigenvalue weighted by molar-refractivity contribution is -0.115. The van der Waals surface area contributed by atoms with Gasteiger partial charge in [-0.05, 0) is 48.0 Å². The maximum atomic E-state index is 14.5. The maximum Gasteiger partial charge on any atom is 0.405 e. The summed E-state index contributed by atoms with van der Waals surface area (Å²) in [5, 5.41) is 16.1. The SMILES string of the molecule is CC(=O)N(c1nn(C)c2c(-n3c(C(Cc4cc(F)cc(F)c4)NC(=O)O)nc4nc(Oc5ccccc5F)ccc4c3=O)ccc(Cl)c12)S(C)(=O)=O. The molecule has 0 fully saturated rings. The van der Waals surface area contributed by atoms with Crippen LogP contribution in [-0.2, 0) is 28.3 Å². The number of rotatable bonds is 9. The van der Waals surface area contributed by atoms with Gasteiger partial charge in [0.25, 0.3) is 5.56 Å². The van der Waals surface area contributed by atoms with Crippen LogP contribution in [0.1, 0.15) is 24.4 Å². The van der Waals surface area contributed by atoms with Gasteiger partial charge in [0.1, 0.15) is 17.5 Å². The van der Waals surface area contributed by atoms with Gasteiger partial charge in [0.15, 0.2) is 23.0 Å². The van der Waals surface area contributed by atoms with Gasteiger partial charge in [-0.2, -0.15) is 14.4 Å².